The van der Waals surface area contributed by atoms with E-state index < -0.39 is 97.5 Å². The Labute approximate surface area is 588 Å². The predicted molar refractivity (Wildman–Crippen MR) is 391 cm³/mol. The number of carbonyl (C=O) groups is 4. The van der Waals surface area contributed by atoms with Gasteiger partial charge in [0.05, 0.1) is 26.4 Å². The van der Waals surface area contributed by atoms with E-state index in [9.17, 15) is 43.2 Å². The first-order valence-electron chi connectivity index (χ1n) is 40.0. The predicted octanol–water partition coefficient (Wildman–Crippen LogP) is 22.7. The highest BCUT2D eigenvalue weighted by Crippen LogP contribution is 2.45. The second-order valence-corrected chi connectivity index (χ2v) is 31.4. The van der Waals surface area contributed by atoms with Crippen LogP contribution in [0.15, 0.2) is 0 Å². The SMILES string of the molecule is CCCCCCCCCCCCCCCCCCCC(=O)OC[C@H](COP(=O)(O)OC[C@@H](O)COP(=O)(O)OC[C@@H](COC(=O)CCCCCCCCCCC)OC(=O)CCCCCCCCCCC(C)CC)OC(=O)CCCCCCCCCCCCCCCCCC(C)C. The fourth-order valence-corrected chi connectivity index (χ4v) is 13.4. The molecule has 0 aliphatic heterocycles. The van der Waals surface area contributed by atoms with Crippen LogP contribution in [0.25, 0.3) is 0 Å². The molecule has 0 aliphatic rings. The molecule has 19 heteroatoms. The second kappa shape index (κ2) is 68.8. The molecule has 3 N–H and O–H groups in total. The zero-order chi connectivity index (χ0) is 70.7. The lowest BCUT2D eigenvalue weighted by atomic mass is 9.99. The monoisotopic (exact) mass is 1410 g/mol. The van der Waals surface area contributed by atoms with E-state index in [0.29, 0.717) is 25.7 Å². The van der Waals surface area contributed by atoms with Gasteiger partial charge in [-0.05, 0) is 37.5 Å². The van der Waals surface area contributed by atoms with Gasteiger partial charge in [0.15, 0.2) is 12.2 Å². The molecule has 0 heterocycles. The molecule has 0 bridgehead atoms. The van der Waals surface area contributed by atoms with E-state index in [2.05, 4.69) is 41.5 Å². The van der Waals surface area contributed by atoms with Crippen molar-refractivity contribution >= 4 is 39.5 Å². The van der Waals surface area contributed by atoms with Crippen molar-refractivity contribution in [2.45, 2.75) is 419 Å². The Morgan fingerprint density at radius 3 is 0.792 bits per heavy atom. The number of ether oxygens (including phenoxy) is 4. The molecule has 17 nitrogen and oxygen atoms in total. The molecule has 6 atom stereocenters. The van der Waals surface area contributed by atoms with Crippen molar-refractivity contribution < 1.29 is 80.2 Å². The molecule has 0 aromatic carbocycles. The zero-order valence-corrected chi connectivity index (χ0v) is 64.5. The third-order valence-electron chi connectivity index (χ3n) is 18.3. The summed E-state index contributed by atoms with van der Waals surface area (Å²) in [5, 5.41) is 10.6. The Bertz CT molecular complexity index is 1860. The lowest BCUT2D eigenvalue weighted by molar-refractivity contribution is -0.161. The highest BCUT2D eigenvalue weighted by molar-refractivity contribution is 7.47. The summed E-state index contributed by atoms with van der Waals surface area (Å²) in [6, 6.07) is 0. The number of aliphatic hydroxyl groups is 1. The number of carbonyl (C=O) groups excluding carboxylic acids is 4. The first-order chi connectivity index (χ1) is 46.4. The lowest BCUT2D eigenvalue weighted by Gasteiger charge is -2.21. The molecule has 0 fully saturated rings. The number of phosphoric ester groups is 2. The lowest BCUT2D eigenvalue weighted by Crippen LogP contribution is -2.30. The molecule has 3 unspecified atom stereocenters. The van der Waals surface area contributed by atoms with Gasteiger partial charge in [0.25, 0.3) is 0 Å². The summed E-state index contributed by atoms with van der Waals surface area (Å²) >= 11 is 0. The van der Waals surface area contributed by atoms with Crippen LogP contribution in [0.1, 0.15) is 401 Å². The van der Waals surface area contributed by atoms with Crippen LogP contribution >= 0.6 is 15.6 Å². The summed E-state index contributed by atoms with van der Waals surface area (Å²) in [5.41, 5.74) is 0. The van der Waals surface area contributed by atoms with Crippen LogP contribution in [0, 0.1) is 11.8 Å². The number of hydrogen-bond donors (Lipinski definition) is 3. The van der Waals surface area contributed by atoms with Crippen LogP contribution in [0.5, 0.6) is 0 Å². The molecule has 570 valence electrons. The first kappa shape index (κ1) is 94.1. The van der Waals surface area contributed by atoms with Gasteiger partial charge < -0.3 is 33.8 Å². The van der Waals surface area contributed by atoms with E-state index in [1.165, 1.54) is 218 Å². The van der Waals surface area contributed by atoms with Crippen LogP contribution in [-0.2, 0) is 65.4 Å². The summed E-state index contributed by atoms with van der Waals surface area (Å²) in [7, 11) is -9.91. The highest BCUT2D eigenvalue weighted by Gasteiger charge is 2.30. The minimum Gasteiger partial charge on any atom is -0.462 e. The number of rotatable bonds is 76. The maximum absolute atomic E-state index is 13.1. The van der Waals surface area contributed by atoms with E-state index in [0.717, 1.165) is 102 Å². The molecule has 0 aromatic rings. The minimum absolute atomic E-state index is 0.105. The van der Waals surface area contributed by atoms with Gasteiger partial charge in [-0.25, -0.2) is 9.13 Å². The smallest absolute Gasteiger partial charge is 0.462 e. The topological polar surface area (TPSA) is 237 Å². The maximum Gasteiger partial charge on any atom is 0.472 e. The van der Waals surface area contributed by atoms with Gasteiger partial charge in [0, 0.05) is 25.7 Å². The molecule has 0 rings (SSSR count). The van der Waals surface area contributed by atoms with Crippen LogP contribution in [0.2, 0.25) is 0 Å². The van der Waals surface area contributed by atoms with Gasteiger partial charge in [-0.1, -0.05) is 350 Å². The fourth-order valence-electron chi connectivity index (χ4n) is 11.8. The molecular weight excluding hydrogens is 1260 g/mol. The van der Waals surface area contributed by atoms with E-state index in [1.54, 1.807) is 0 Å². The quantitative estimate of drug-likeness (QED) is 0.0222. The Balaban J connectivity index is 5.23. The molecule has 0 radical (unpaired) electrons. The van der Waals surface area contributed by atoms with Crippen molar-refractivity contribution in [1.82, 2.24) is 0 Å². The third kappa shape index (κ3) is 69.2. The van der Waals surface area contributed by atoms with E-state index in [4.69, 9.17) is 37.0 Å². The number of esters is 4. The van der Waals surface area contributed by atoms with E-state index in [1.807, 2.05) is 0 Å². The van der Waals surface area contributed by atoms with Crippen molar-refractivity contribution in [3.63, 3.8) is 0 Å². The average Bonchev–Trinajstić information content (AvgIpc) is 2.60. The maximum atomic E-state index is 13.1. The van der Waals surface area contributed by atoms with Crippen LogP contribution in [0.4, 0.5) is 0 Å². The van der Waals surface area contributed by atoms with Crippen molar-refractivity contribution in [1.29, 1.82) is 0 Å². The molecule has 0 aromatic heterocycles. The summed E-state index contributed by atoms with van der Waals surface area (Å²) in [6.45, 7) is 9.61. The average molecular weight is 1410 g/mol. The fraction of sp³-hybridized carbons (Fsp3) is 0.948. The van der Waals surface area contributed by atoms with Crippen LogP contribution < -0.4 is 0 Å². The number of unbranched alkanes of at least 4 members (excludes halogenated alkanes) is 45. The van der Waals surface area contributed by atoms with Crippen molar-refractivity contribution in [3.8, 4) is 0 Å². The van der Waals surface area contributed by atoms with E-state index >= 15 is 0 Å². The molecule has 0 spiro atoms. The van der Waals surface area contributed by atoms with Crippen LogP contribution in [0.3, 0.4) is 0 Å². The zero-order valence-electron chi connectivity index (χ0n) is 62.7. The second-order valence-electron chi connectivity index (χ2n) is 28.5. The summed E-state index contributed by atoms with van der Waals surface area (Å²) in [4.78, 5) is 72.8. The van der Waals surface area contributed by atoms with Crippen LogP contribution in [-0.4, -0.2) is 96.7 Å². The molecular formula is C77H150O17P2. The summed E-state index contributed by atoms with van der Waals surface area (Å²) in [5.74, 6) is -0.544. The largest absolute Gasteiger partial charge is 0.472 e. The number of hydrogen-bond acceptors (Lipinski definition) is 15. The summed E-state index contributed by atoms with van der Waals surface area (Å²) < 4.78 is 68.5. The molecule has 0 saturated carbocycles. The normalized spacial score (nSPS) is 14.3. The van der Waals surface area contributed by atoms with Gasteiger partial charge in [0.1, 0.15) is 19.3 Å². The van der Waals surface area contributed by atoms with Gasteiger partial charge in [0.2, 0.25) is 0 Å². The van der Waals surface area contributed by atoms with Gasteiger partial charge in [-0.15, -0.1) is 0 Å². The van der Waals surface area contributed by atoms with Crippen molar-refractivity contribution in [2.24, 2.45) is 11.8 Å². The number of phosphoric acid groups is 2. The minimum atomic E-state index is -4.96. The molecule has 0 aliphatic carbocycles. The summed E-state index contributed by atoms with van der Waals surface area (Å²) in [6.07, 6.45) is 56.8. The first-order valence-corrected chi connectivity index (χ1v) is 43.0. The Morgan fingerprint density at radius 1 is 0.302 bits per heavy atom. The van der Waals surface area contributed by atoms with Crippen molar-refractivity contribution in [3.05, 3.63) is 0 Å². The number of aliphatic hydroxyl groups excluding tert-OH is 1. The van der Waals surface area contributed by atoms with Gasteiger partial charge in [-0.3, -0.25) is 37.3 Å². The Kier molecular flexibility index (Phi) is 67.4. The van der Waals surface area contributed by atoms with Gasteiger partial charge in [-0.2, -0.15) is 0 Å². The molecule has 96 heavy (non-hydrogen) atoms. The molecule has 0 saturated heterocycles. The Hall–Kier alpha value is -1.94. The van der Waals surface area contributed by atoms with Gasteiger partial charge >= 0.3 is 39.5 Å². The highest BCUT2D eigenvalue weighted by atomic mass is 31.2. The third-order valence-corrected chi connectivity index (χ3v) is 20.2. The Morgan fingerprint density at radius 2 is 0.531 bits per heavy atom. The molecule has 0 amide bonds. The van der Waals surface area contributed by atoms with Crippen molar-refractivity contribution in [2.75, 3.05) is 39.6 Å². The standard InChI is InChI=1S/C77H150O17P2/c1-7-10-12-14-16-18-19-20-21-22-25-28-31-35-42-48-54-60-75(80)88-66-72(93-76(81)61-55-49-43-36-32-29-26-23-24-27-30-34-39-45-51-57-69(4)5)67-91-95(83,84)89-63-71(78)64-90-96(85,86)92-68-73(65-87-74(79)59-53-47-41-33-17-15-13-11-8-2)94-77(82)62-56-50-44-38-37-40-46-52-58-70(6)9-3/h69-73,78H,7-68H2,1-6H3,(H,83,84)(H,85,86)/t70?,71-,72-,73-/m1/s1. The van der Waals surface area contributed by atoms with E-state index in [-0.39, 0.29) is 25.7 Å².